The predicted molar refractivity (Wildman–Crippen MR) is 108 cm³/mol. The summed E-state index contributed by atoms with van der Waals surface area (Å²) < 4.78 is 16.1. The van der Waals surface area contributed by atoms with Crippen molar-refractivity contribution in [3.8, 4) is 11.5 Å². The fourth-order valence-corrected chi connectivity index (χ4v) is 3.48. The molecule has 6 nitrogen and oxygen atoms in total. The number of carbonyl (C=O) groups is 1. The topological polar surface area (TPSA) is 60.9 Å². The molecule has 1 aliphatic rings. The molecule has 1 aromatic heterocycles. The zero-order chi connectivity index (χ0) is 19.5. The van der Waals surface area contributed by atoms with Crippen molar-refractivity contribution in [3.63, 3.8) is 0 Å². The van der Waals surface area contributed by atoms with E-state index in [9.17, 15) is 4.79 Å². The molecule has 1 saturated heterocycles. The molecule has 1 fully saturated rings. The van der Waals surface area contributed by atoms with Crippen LogP contribution >= 0.6 is 0 Å². The second kappa shape index (κ2) is 7.86. The van der Waals surface area contributed by atoms with Crippen LogP contribution in [0.1, 0.15) is 15.9 Å². The molecular weight excluding hydrogens is 356 g/mol. The lowest BCUT2D eigenvalue weighted by Gasteiger charge is -2.31. The number of nitrogens with zero attached hydrogens (tertiary/aromatic N) is 2. The van der Waals surface area contributed by atoms with Crippen LogP contribution in [0.25, 0.3) is 10.9 Å². The average molecular weight is 378 g/mol. The first kappa shape index (κ1) is 18.3. The van der Waals surface area contributed by atoms with Gasteiger partial charge in [0.25, 0.3) is 0 Å². The number of anilines is 1. The number of rotatable bonds is 5. The van der Waals surface area contributed by atoms with E-state index in [-0.39, 0.29) is 5.78 Å². The number of carbonyl (C=O) groups excluding carboxylic acids is 1. The van der Waals surface area contributed by atoms with E-state index >= 15 is 0 Å². The highest BCUT2D eigenvalue weighted by atomic mass is 16.5. The van der Waals surface area contributed by atoms with Crippen molar-refractivity contribution < 1.29 is 19.0 Å². The summed E-state index contributed by atoms with van der Waals surface area (Å²) >= 11 is 0. The average Bonchev–Trinajstić information content (AvgIpc) is 2.78. The van der Waals surface area contributed by atoms with Crippen LogP contribution in [0.5, 0.6) is 11.5 Å². The highest BCUT2D eigenvalue weighted by Crippen LogP contribution is 2.34. The van der Waals surface area contributed by atoms with Crippen molar-refractivity contribution in [2.24, 2.45) is 0 Å². The fraction of sp³-hybridized carbons (Fsp3) is 0.273. The molecule has 0 bridgehead atoms. The standard InChI is InChI=1S/C22H22N2O4/c1-26-16-5-3-15(4-6-16)22(25)19-14-23-20-8-7-17(27-2)13-18(20)21(19)24-9-11-28-12-10-24/h3-8,13-14H,9-12H2,1-2H3. The molecule has 28 heavy (non-hydrogen) atoms. The molecule has 0 unspecified atom stereocenters. The molecule has 0 atom stereocenters. The number of ketones is 1. The lowest BCUT2D eigenvalue weighted by Crippen LogP contribution is -2.37. The maximum Gasteiger partial charge on any atom is 0.196 e. The van der Waals surface area contributed by atoms with Crippen molar-refractivity contribution in [1.29, 1.82) is 0 Å². The summed E-state index contributed by atoms with van der Waals surface area (Å²) in [7, 11) is 3.24. The summed E-state index contributed by atoms with van der Waals surface area (Å²) in [6, 6.07) is 12.9. The van der Waals surface area contributed by atoms with Crippen LogP contribution in [-0.2, 0) is 4.74 Å². The minimum absolute atomic E-state index is 0.0682. The minimum Gasteiger partial charge on any atom is -0.497 e. The van der Waals surface area contributed by atoms with Gasteiger partial charge in [0.15, 0.2) is 5.78 Å². The number of morpholine rings is 1. The van der Waals surface area contributed by atoms with Crippen molar-refractivity contribution in [2.75, 3.05) is 45.4 Å². The summed E-state index contributed by atoms with van der Waals surface area (Å²) in [4.78, 5) is 20.1. The third-order valence-electron chi connectivity index (χ3n) is 4.97. The Morgan fingerprint density at radius 1 is 1.00 bits per heavy atom. The van der Waals surface area contributed by atoms with Crippen molar-refractivity contribution >= 4 is 22.4 Å². The van der Waals surface area contributed by atoms with E-state index in [0.29, 0.717) is 30.1 Å². The van der Waals surface area contributed by atoms with E-state index in [2.05, 4.69) is 9.88 Å². The number of fused-ring (bicyclic) bond motifs is 1. The molecule has 0 N–H and O–H groups in total. The maximum absolute atomic E-state index is 13.3. The smallest absolute Gasteiger partial charge is 0.196 e. The van der Waals surface area contributed by atoms with E-state index in [1.807, 2.05) is 18.2 Å². The Kier molecular flexibility index (Phi) is 5.12. The van der Waals surface area contributed by atoms with Crippen molar-refractivity contribution in [1.82, 2.24) is 4.98 Å². The van der Waals surface area contributed by atoms with E-state index in [1.165, 1.54) is 0 Å². The molecule has 3 aromatic rings. The van der Waals surface area contributed by atoms with Crippen LogP contribution in [0.4, 0.5) is 5.69 Å². The van der Waals surface area contributed by atoms with Gasteiger partial charge in [0.05, 0.1) is 44.2 Å². The lowest BCUT2D eigenvalue weighted by atomic mass is 9.99. The molecule has 0 aliphatic carbocycles. The number of hydrogen-bond acceptors (Lipinski definition) is 6. The molecular formula is C22H22N2O4. The first-order valence-corrected chi connectivity index (χ1v) is 9.19. The van der Waals surface area contributed by atoms with Gasteiger partial charge in [-0.15, -0.1) is 0 Å². The van der Waals surface area contributed by atoms with E-state index in [0.717, 1.165) is 35.4 Å². The van der Waals surface area contributed by atoms with Gasteiger partial charge in [0.2, 0.25) is 0 Å². The molecule has 0 radical (unpaired) electrons. The summed E-state index contributed by atoms with van der Waals surface area (Å²) in [5.74, 6) is 1.38. The summed E-state index contributed by atoms with van der Waals surface area (Å²) in [6.07, 6.45) is 1.67. The quantitative estimate of drug-likeness (QED) is 0.635. The Morgan fingerprint density at radius 3 is 2.36 bits per heavy atom. The first-order valence-electron chi connectivity index (χ1n) is 9.19. The highest BCUT2D eigenvalue weighted by molar-refractivity contribution is 6.16. The fourth-order valence-electron chi connectivity index (χ4n) is 3.48. The second-order valence-electron chi connectivity index (χ2n) is 6.56. The monoisotopic (exact) mass is 378 g/mol. The van der Waals surface area contributed by atoms with Gasteiger partial charge in [-0.05, 0) is 42.5 Å². The predicted octanol–water partition coefficient (Wildman–Crippen LogP) is 3.32. The Bertz CT molecular complexity index is 995. The molecule has 0 spiro atoms. The van der Waals surface area contributed by atoms with Gasteiger partial charge in [-0.3, -0.25) is 9.78 Å². The largest absolute Gasteiger partial charge is 0.497 e. The maximum atomic E-state index is 13.3. The van der Waals surface area contributed by atoms with Crippen molar-refractivity contribution in [2.45, 2.75) is 0 Å². The SMILES string of the molecule is COc1ccc(C(=O)c2cnc3ccc(OC)cc3c2N2CCOCC2)cc1. The lowest BCUT2D eigenvalue weighted by molar-refractivity contribution is 0.103. The third-order valence-corrected chi connectivity index (χ3v) is 4.97. The molecule has 2 aromatic carbocycles. The zero-order valence-corrected chi connectivity index (χ0v) is 16.0. The number of methoxy groups -OCH3 is 2. The van der Waals surface area contributed by atoms with Gasteiger partial charge in [-0.1, -0.05) is 0 Å². The van der Waals surface area contributed by atoms with Crippen LogP contribution in [0, 0.1) is 0 Å². The van der Waals surface area contributed by atoms with Gasteiger partial charge in [-0.25, -0.2) is 0 Å². The summed E-state index contributed by atoms with van der Waals surface area (Å²) in [5.41, 5.74) is 2.88. The molecule has 6 heteroatoms. The van der Waals surface area contributed by atoms with Gasteiger partial charge < -0.3 is 19.1 Å². The van der Waals surface area contributed by atoms with Gasteiger partial charge in [-0.2, -0.15) is 0 Å². The van der Waals surface area contributed by atoms with Crippen LogP contribution in [-0.4, -0.2) is 51.3 Å². The Morgan fingerprint density at radius 2 is 1.68 bits per heavy atom. The van der Waals surface area contributed by atoms with E-state index in [4.69, 9.17) is 14.2 Å². The molecule has 4 rings (SSSR count). The van der Waals surface area contributed by atoms with Crippen LogP contribution < -0.4 is 14.4 Å². The zero-order valence-electron chi connectivity index (χ0n) is 16.0. The summed E-state index contributed by atoms with van der Waals surface area (Å²) in [6.45, 7) is 2.70. The molecule has 2 heterocycles. The Balaban J connectivity index is 1.87. The highest BCUT2D eigenvalue weighted by Gasteiger charge is 2.23. The second-order valence-corrected chi connectivity index (χ2v) is 6.56. The van der Waals surface area contributed by atoms with E-state index in [1.54, 1.807) is 44.7 Å². The number of benzene rings is 2. The molecule has 144 valence electrons. The molecule has 1 aliphatic heterocycles. The number of hydrogen-bond donors (Lipinski definition) is 0. The van der Waals surface area contributed by atoms with Gasteiger partial charge in [0, 0.05) is 30.2 Å². The molecule has 0 amide bonds. The first-order chi connectivity index (χ1) is 13.7. The Hall–Kier alpha value is -3.12. The molecule has 0 saturated carbocycles. The minimum atomic E-state index is -0.0682. The number of ether oxygens (including phenoxy) is 3. The van der Waals surface area contributed by atoms with E-state index < -0.39 is 0 Å². The third kappa shape index (κ3) is 3.39. The van der Waals surface area contributed by atoms with Gasteiger partial charge in [0.1, 0.15) is 11.5 Å². The van der Waals surface area contributed by atoms with Crippen molar-refractivity contribution in [3.05, 3.63) is 59.8 Å². The normalized spacial score (nSPS) is 14.1. The van der Waals surface area contributed by atoms with Crippen LogP contribution in [0.3, 0.4) is 0 Å². The number of pyridine rings is 1. The Labute approximate surface area is 163 Å². The van der Waals surface area contributed by atoms with Crippen LogP contribution in [0.15, 0.2) is 48.7 Å². The van der Waals surface area contributed by atoms with Crippen LogP contribution in [0.2, 0.25) is 0 Å². The van der Waals surface area contributed by atoms with Gasteiger partial charge >= 0.3 is 0 Å². The number of aromatic nitrogens is 1. The summed E-state index contributed by atoms with van der Waals surface area (Å²) in [5, 5.41) is 0.903.